The maximum Gasteiger partial charge on any atom is 0.305 e. The summed E-state index contributed by atoms with van der Waals surface area (Å²) in [7, 11) is 0. The normalized spacial score (nSPS) is 10.4. The van der Waals surface area contributed by atoms with E-state index < -0.39 is 11.8 Å². The van der Waals surface area contributed by atoms with Crippen LogP contribution < -0.4 is 10.9 Å². The Morgan fingerprint density at radius 2 is 1.79 bits per heavy atom. The summed E-state index contributed by atoms with van der Waals surface area (Å²) in [5.74, 6) is -0.618. The highest BCUT2D eigenvalue weighted by molar-refractivity contribution is 6.36. The average Bonchev–Trinajstić information content (AvgIpc) is 3.23. The Kier molecular flexibility index (Phi) is 4.59. The summed E-state index contributed by atoms with van der Waals surface area (Å²) in [4.78, 5) is 26.5. The first-order valence-corrected chi connectivity index (χ1v) is 7.59. The smallest absolute Gasteiger partial charge is 0.305 e. The molecule has 0 saturated heterocycles. The van der Waals surface area contributed by atoms with Crippen molar-refractivity contribution in [2.45, 2.75) is 0 Å². The van der Waals surface area contributed by atoms with E-state index >= 15 is 0 Å². The number of H-pyrrole nitrogens is 1. The molecule has 2 aromatic heterocycles. The fourth-order valence-corrected chi connectivity index (χ4v) is 2.51. The fourth-order valence-electron chi connectivity index (χ4n) is 2.01. The molecule has 0 spiro atoms. The SMILES string of the molecule is O=C(NNC(=O)c1ccc(-c2ccc(Cl)cc2Cl)o1)c1ccc[nH]1. The Labute approximate surface area is 146 Å². The van der Waals surface area contributed by atoms with Crippen LogP contribution in [-0.4, -0.2) is 16.8 Å². The van der Waals surface area contributed by atoms with Crippen molar-refractivity contribution in [1.29, 1.82) is 0 Å². The van der Waals surface area contributed by atoms with E-state index in [1.807, 2.05) is 0 Å². The standard InChI is InChI=1S/C16H11Cl2N3O3/c17-9-3-4-10(11(18)8-9)13-5-6-14(24-13)16(23)21-20-15(22)12-2-1-7-19-12/h1-8,19H,(H,20,22)(H,21,23). The number of hydrogen-bond acceptors (Lipinski definition) is 3. The summed E-state index contributed by atoms with van der Waals surface area (Å²) < 4.78 is 5.48. The molecule has 0 saturated carbocycles. The average molecular weight is 364 g/mol. The van der Waals surface area contributed by atoms with Gasteiger partial charge in [-0.15, -0.1) is 0 Å². The zero-order valence-electron chi connectivity index (χ0n) is 12.1. The first-order valence-electron chi connectivity index (χ1n) is 6.84. The maximum absolute atomic E-state index is 12.0. The summed E-state index contributed by atoms with van der Waals surface area (Å²) in [6, 6.07) is 11.3. The Balaban J connectivity index is 1.68. The molecule has 2 amide bonds. The highest BCUT2D eigenvalue weighted by atomic mass is 35.5. The number of halogens is 2. The molecule has 24 heavy (non-hydrogen) atoms. The molecule has 0 bridgehead atoms. The monoisotopic (exact) mass is 363 g/mol. The molecule has 0 atom stereocenters. The molecule has 0 aliphatic carbocycles. The zero-order chi connectivity index (χ0) is 17.1. The summed E-state index contributed by atoms with van der Waals surface area (Å²) in [5.41, 5.74) is 5.48. The second-order valence-corrected chi connectivity index (χ2v) is 5.62. The second kappa shape index (κ2) is 6.82. The summed E-state index contributed by atoms with van der Waals surface area (Å²) in [5, 5.41) is 0.907. The molecule has 0 aliphatic rings. The first kappa shape index (κ1) is 16.2. The van der Waals surface area contributed by atoms with Crippen molar-refractivity contribution in [3.63, 3.8) is 0 Å². The first-order chi connectivity index (χ1) is 11.5. The third kappa shape index (κ3) is 3.45. The largest absolute Gasteiger partial charge is 0.451 e. The molecular weight excluding hydrogens is 353 g/mol. The topological polar surface area (TPSA) is 87.1 Å². The Morgan fingerprint density at radius 1 is 1.00 bits per heavy atom. The van der Waals surface area contributed by atoms with E-state index in [1.54, 1.807) is 42.6 Å². The van der Waals surface area contributed by atoms with Crippen molar-refractivity contribution in [3.05, 3.63) is 70.2 Å². The van der Waals surface area contributed by atoms with E-state index in [9.17, 15) is 9.59 Å². The van der Waals surface area contributed by atoms with Crippen LogP contribution in [0.25, 0.3) is 11.3 Å². The van der Waals surface area contributed by atoms with Gasteiger partial charge in [0.2, 0.25) is 0 Å². The van der Waals surface area contributed by atoms with Gasteiger partial charge in [0.1, 0.15) is 11.5 Å². The number of furan rings is 1. The quantitative estimate of drug-likeness (QED) is 0.620. The predicted molar refractivity (Wildman–Crippen MR) is 89.9 cm³/mol. The Bertz CT molecular complexity index is 888. The molecule has 0 aliphatic heterocycles. The molecule has 3 aromatic rings. The van der Waals surface area contributed by atoms with Gasteiger partial charge in [-0.25, -0.2) is 0 Å². The van der Waals surface area contributed by atoms with E-state index in [0.29, 0.717) is 27.1 Å². The van der Waals surface area contributed by atoms with E-state index in [1.165, 1.54) is 6.07 Å². The van der Waals surface area contributed by atoms with Crippen LogP contribution in [0.4, 0.5) is 0 Å². The molecule has 3 rings (SSSR count). The highest BCUT2D eigenvalue weighted by Gasteiger charge is 2.15. The number of benzene rings is 1. The van der Waals surface area contributed by atoms with Crippen molar-refractivity contribution in [2.24, 2.45) is 0 Å². The fraction of sp³-hybridized carbons (Fsp3) is 0. The number of rotatable bonds is 3. The van der Waals surface area contributed by atoms with Gasteiger partial charge < -0.3 is 9.40 Å². The predicted octanol–water partition coefficient (Wildman–Crippen LogP) is 3.66. The lowest BCUT2D eigenvalue weighted by molar-refractivity contribution is 0.0829. The number of carbonyl (C=O) groups excluding carboxylic acids is 2. The third-order valence-corrected chi connectivity index (χ3v) is 3.71. The van der Waals surface area contributed by atoms with Gasteiger partial charge >= 0.3 is 5.91 Å². The van der Waals surface area contributed by atoms with Gasteiger partial charge in [-0.3, -0.25) is 20.4 Å². The van der Waals surface area contributed by atoms with Crippen LogP contribution in [0.2, 0.25) is 10.0 Å². The molecule has 1 aromatic carbocycles. The van der Waals surface area contributed by atoms with Crippen LogP contribution >= 0.6 is 23.2 Å². The molecule has 122 valence electrons. The van der Waals surface area contributed by atoms with Crippen molar-refractivity contribution in [2.75, 3.05) is 0 Å². The van der Waals surface area contributed by atoms with Gasteiger partial charge in [-0.1, -0.05) is 23.2 Å². The van der Waals surface area contributed by atoms with Crippen LogP contribution in [0.15, 0.2) is 53.1 Å². The van der Waals surface area contributed by atoms with E-state index in [0.717, 1.165) is 0 Å². The maximum atomic E-state index is 12.0. The summed E-state index contributed by atoms with van der Waals surface area (Å²) in [6.45, 7) is 0. The molecule has 3 N–H and O–H groups in total. The van der Waals surface area contributed by atoms with Gasteiger partial charge in [-0.05, 0) is 42.5 Å². The number of nitrogens with one attached hydrogen (secondary N) is 3. The Morgan fingerprint density at radius 3 is 2.50 bits per heavy atom. The van der Waals surface area contributed by atoms with Crippen molar-refractivity contribution < 1.29 is 14.0 Å². The zero-order valence-corrected chi connectivity index (χ0v) is 13.6. The van der Waals surface area contributed by atoms with Gasteiger partial charge in [0.15, 0.2) is 5.76 Å². The summed E-state index contributed by atoms with van der Waals surface area (Å²) >= 11 is 12.0. The van der Waals surface area contributed by atoms with Gasteiger partial charge in [0.25, 0.3) is 5.91 Å². The van der Waals surface area contributed by atoms with Crippen LogP contribution in [-0.2, 0) is 0 Å². The molecule has 6 nitrogen and oxygen atoms in total. The number of hydrazine groups is 1. The van der Waals surface area contributed by atoms with Gasteiger partial charge in [0, 0.05) is 16.8 Å². The van der Waals surface area contributed by atoms with Crippen LogP contribution in [0.1, 0.15) is 21.0 Å². The minimum absolute atomic E-state index is 0.0304. The molecule has 0 unspecified atom stereocenters. The lowest BCUT2D eigenvalue weighted by atomic mass is 10.2. The van der Waals surface area contributed by atoms with Gasteiger partial charge in [0.05, 0.1) is 5.02 Å². The number of aromatic nitrogens is 1. The third-order valence-electron chi connectivity index (χ3n) is 3.16. The lowest BCUT2D eigenvalue weighted by Gasteiger charge is -2.04. The lowest BCUT2D eigenvalue weighted by Crippen LogP contribution is -2.41. The molecule has 8 heteroatoms. The van der Waals surface area contributed by atoms with Crippen molar-refractivity contribution in [1.82, 2.24) is 15.8 Å². The summed E-state index contributed by atoms with van der Waals surface area (Å²) in [6.07, 6.45) is 1.60. The minimum atomic E-state index is -0.591. The van der Waals surface area contributed by atoms with Crippen molar-refractivity contribution >= 4 is 35.0 Å². The number of carbonyl (C=O) groups is 2. The minimum Gasteiger partial charge on any atom is -0.451 e. The van der Waals surface area contributed by atoms with Crippen LogP contribution in [0.3, 0.4) is 0 Å². The molecule has 0 fully saturated rings. The highest BCUT2D eigenvalue weighted by Crippen LogP contribution is 2.31. The van der Waals surface area contributed by atoms with Gasteiger partial charge in [-0.2, -0.15) is 0 Å². The molecule has 2 heterocycles. The van der Waals surface area contributed by atoms with Crippen LogP contribution in [0, 0.1) is 0 Å². The number of hydrogen-bond donors (Lipinski definition) is 3. The van der Waals surface area contributed by atoms with E-state index in [-0.39, 0.29) is 5.76 Å². The molecular formula is C16H11Cl2N3O3. The number of amides is 2. The van der Waals surface area contributed by atoms with E-state index in [2.05, 4.69) is 15.8 Å². The second-order valence-electron chi connectivity index (χ2n) is 4.78. The molecule has 0 radical (unpaired) electrons. The van der Waals surface area contributed by atoms with Crippen molar-refractivity contribution in [3.8, 4) is 11.3 Å². The Hall–Kier alpha value is -2.70. The van der Waals surface area contributed by atoms with E-state index in [4.69, 9.17) is 27.6 Å². The van der Waals surface area contributed by atoms with Crippen LogP contribution in [0.5, 0.6) is 0 Å². The number of aromatic amines is 1.